The lowest BCUT2D eigenvalue weighted by molar-refractivity contribution is -0.122. The average molecular weight is 225 g/mol. The van der Waals surface area contributed by atoms with Gasteiger partial charge < -0.3 is 10.6 Å². The van der Waals surface area contributed by atoms with Crippen LogP contribution in [0.5, 0.6) is 0 Å². The molecule has 1 amide bonds. The molecule has 0 aliphatic carbocycles. The first kappa shape index (κ1) is 11.9. The fourth-order valence-corrected chi connectivity index (χ4v) is 2.88. The normalized spacial score (nSPS) is 30.4. The Bertz CT molecular complexity index is 259. The highest BCUT2D eigenvalue weighted by Gasteiger charge is 2.40. The van der Waals surface area contributed by atoms with Crippen LogP contribution < -0.4 is 10.6 Å². The van der Waals surface area contributed by atoms with Gasteiger partial charge in [0.1, 0.15) is 0 Å². The van der Waals surface area contributed by atoms with Crippen LogP contribution in [0.1, 0.15) is 26.7 Å². The van der Waals surface area contributed by atoms with Crippen LogP contribution in [0.25, 0.3) is 0 Å². The number of carbonyl (C=O) groups is 1. The van der Waals surface area contributed by atoms with Crippen molar-refractivity contribution in [1.82, 2.24) is 15.5 Å². The van der Waals surface area contributed by atoms with Gasteiger partial charge in [-0.05, 0) is 45.2 Å². The zero-order valence-electron chi connectivity index (χ0n) is 10.4. The van der Waals surface area contributed by atoms with Crippen LogP contribution in [0.3, 0.4) is 0 Å². The molecule has 2 heterocycles. The fraction of sp³-hybridized carbons (Fsp3) is 0.917. The summed E-state index contributed by atoms with van der Waals surface area (Å²) >= 11 is 0. The van der Waals surface area contributed by atoms with E-state index in [0.717, 1.165) is 26.2 Å². The maximum absolute atomic E-state index is 11.6. The number of nitrogens with one attached hydrogen (secondary N) is 2. The van der Waals surface area contributed by atoms with E-state index in [1.165, 1.54) is 12.8 Å². The third-order valence-corrected chi connectivity index (χ3v) is 3.67. The zero-order chi connectivity index (χ0) is 11.6. The Balaban J connectivity index is 1.78. The van der Waals surface area contributed by atoms with Crippen molar-refractivity contribution in [3.63, 3.8) is 0 Å². The van der Waals surface area contributed by atoms with Crippen LogP contribution in [-0.4, -0.2) is 49.6 Å². The van der Waals surface area contributed by atoms with Crippen LogP contribution in [0.2, 0.25) is 0 Å². The summed E-state index contributed by atoms with van der Waals surface area (Å²) in [5, 5.41) is 6.39. The van der Waals surface area contributed by atoms with E-state index in [9.17, 15) is 4.79 Å². The molecular formula is C12H23N3O. The van der Waals surface area contributed by atoms with Crippen LogP contribution >= 0.6 is 0 Å². The molecule has 92 valence electrons. The molecule has 16 heavy (non-hydrogen) atoms. The summed E-state index contributed by atoms with van der Waals surface area (Å²) in [6, 6.07) is 0.247. The van der Waals surface area contributed by atoms with Crippen LogP contribution in [0.4, 0.5) is 0 Å². The monoisotopic (exact) mass is 225 g/mol. The van der Waals surface area contributed by atoms with Crippen molar-refractivity contribution < 1.29 is 4.79 Å². The average Bonchev–Trinajstić information content (AvgIpc) is 2.76. The topological polar surface area (TPSA) is 44.4 Å². The molecule has 0 saturated carbocycles. The second-order valence-corrected chi connectivity index (χ2v) is 5.61. The summed E-state index contributed by atoms with van der Waals surface area (Å²) in [4.78, 5) is 13.9. The van der Waals surface area contributed by atoms with Gasteiger partial charge in [0.05, 0.1) is 6.54 Å². The molecule has 2 rings (SSSR count). The molecule has 2 N–H and O–H groups in total. The van der Waals surface area contributed by atoms with Gasteiger partial charge in [0.15, 0.2) is 0 Å². The van der Waals surface area contributed by atoms with Gasteiger partial charge in [0.2, 0.25) is 5.91 Å². The van der Waals surface area contributed by atoms with Gasteiger partial charge in [-0.1, -0.05) is 0 Å². The molecule has 0 aromatic carbocycles. The lowest BCUT2D eigenvalue weighted by Crippen LogP contribution is -2.40. The van der Waals surface area contributed by atoms with Gasteiger partial charge in [0.25, 0.3) is 0 Å². The second kappa shape index (κ2) is 4.72. The summed E-state index contributed by atoms with van der Waals surface area (Å²) in [5.74, 6) is 0.165. The highest BCUT2D eigenvalue weighted by Crippen LogP contribution is 2.35. The van der Waals surface area contributed by atoms with Crippen LogP contribution in [0.15, 0.2) is 0 Å². The molecule has 0 radical (unpaired) electrons. The standard InChI is InChI=1S/C12H23N3O/c1-10(2)14-11(16)7-15-6-4-12(9-15)3-5-13-8-12/h10,13H,3-9H2,1-2H3,(H,14,16). The van der Waals surface area contributed by atoms with Gasteiger partial charge in [0, 0.05) is 19.1 Å². The Morgan fingerprint density at radius 3 is 2.94 bits per heavy atom. The van der Waals surface area contributed by atoms with E-state index in [4.69, 9.17) is 0 Å². The lowest BCUT2D eigenvalue weighted by Gasteiger charge is -2.22. The summed E-state index contributed by atoms with van der Waals surface area (Å²) in [7, 11) is 0. The Labute approximate surface area is 97.8 Å². The molecule has 1 spiro atoms. The van der Waals surface area contributed by atoms with Gasteiger partial charge in [-0.2, -0.15) is 0 Å². The van der Waals surface area contributed by atoms with Crippen molar-refractivity contribution >= 4 is 5.91 Å². The van der Waals surface area contributed by atoms with Gasteiger partial charge in [-0.25, -0.2) is 0 Å². The van der Waals surface area contributed by atoms with E-state index in [0.29, 0.717) is 12.0 Å². The maximum atomic E-state index is 11.6. The molecule has 0 aromatic rings. The van der Waals surface area contributed by atoms with Crippen molar-refractivity contribution in [3.8, 4) is 0 Å². The largest absolute Gasteiger partial charge is 0.353 e. The number of carbonyl (C=O) groups excluding carboxylic acids is 1. The van der Waals surface area contributed by atoms with Crippen molar-refractivity contribution in [2.75, 3.05) is 32.7 Å². The van der Waals surface area contributed by atoms with Gasteiger partial charge in [-0.3, -0.25) is 9.69 Å². The van der Waals surface area contributed by atoms with Crippen LogP contribution in [0, 0.1) is 5.41 Å². The second-order valence-electron chi connectivity index (χ2n) is 5.61. The maximum Gasteiger partial charge on any atom is 0.234 e. The van der Waals surface area contributed by atoms with Crippen molar-refractivity contribution in [2.45, 2.75) is 32.7 Å². The predicted molar refractivity (Wildman–Crippen MR) is 64.3 cm³/mol. The molecule has 2 aliphatic heterocycles. The number of hydrogen-bond donors (Lipinski definition) is 2. The highest BCUT2D eigenvalue weighted by molar-refractivity contribution is 5.78. The number of amides is 1. The molecule has 4 nitrogen and oxygen atoms in total. The molecule has 1 atom stereocenters. The number of hydrogen-bond acceptors (Lipinski definition) is 3. The summed E-state index contributed by atoms with van der Waals surface area (Å²) in [5.41, 5.74) is 0.470. The van der Waals surface area contributed by atoms with Crippen molar-refractivity contribution in [3.05, 3.63) is 0 Å². The molecule has 2 fully saturated rings. The van der Waals surface area contributed by atoms with E-state index in [2.05, 4.69) is 15.5 Å². The van der Waals surface area contributed by atoms with Gasteiger partial charge in [-0.15, -0.1) is 0 Å². The minimum absolute atomic E-state index is 0.165. The van der Waals surface area contributed by atoms with E-state index in [-0.39, 0.29) is 11.9 Å². The first-order valence-electron chi connectivity index (χ1n) is 6.32. The molecule has 4 heteroatoms. The van der Waals surface area contributed by atoms with Gasteiger partial charge >= 0.3 is 0 Å². The lowest BCUT2D eigenvalue weighted by atomic mass is 9.87. The first-order valence-corrected chi connectivity index (χ1v) is 6.32. The quantitative estimate of drug-likeness (QED) is 0.721. The Morgan fingerprint density at radius 1 is 1.50 bits per heavy atom. The SMILES string of the molecule is CC(C)NC(=O)CN1CCC2(CCNC2)C1. The summed E-state index contributed by atoms with van der Waals surface area (Å²) < 4.78 is 0. The fourth-order valence-electron chi connectivity index (χ4n) is 2.88. The molecule has 2 saturated heterocycles. The number of nitrogens with zero attached hydrogens (tertiary/aromatic N) is 1. The van der Waals surface area contributed by atoms with E-state index >= 15 is 0 Å². The minimum atomic E-state index is 0.165. The minimum Gasteiger partial charge on any atom is -0.353 e. The molecule has 2 aliphatic rings. The third-order valence-electron chi connectivity index (χ3n) is 3.67. The number of rotatable bonds is 3. The smallest absolute Gasteiger partial charge is 0.234 e. The van der Waals surface area contributed by atoms with Crippen LogP contribution in [-0.2, 0) is 4.79 Å². The van der Waals surface area contributed by atoms with E-state index < -0.39 is 0 Å². The highest BCUT2D eigenvalue weighted by atomic mass is 16.2. The molecule has 1 unspecified atom stereocenters. The molecule has 0 bridgehead atoms. The number of likely N-dealkylation sites (tertiary alicyclic amines) is 1. The third kappa shape index (κ3) is 2.74. The van der Waals surface area contributed by atoms with E-state index in [1.807, 2.05) is 13.8 Å². The first-order chi connectivity index (χ1) is 7.60. The molecule has 0 aromatic heterocycles. The Hall–Kier alpha value is -0.610. The summed E-state index contributed by atoms with van der Waals surface area (Å²) in [6.45, 7) is 9.02. The Kier molecular flexibility index (Phi) is 3.50. The predicted octanol–water partition coefficient (Wildman–Crippen LogP) is 0.196. The Morgan fingerprint density at radius 2 is 2.31 bits per heavy atom. The van der Waals surface area contributed by atoms with Crippen molar-refractivity contribution in [1.29, 1.82) is 0 Å². The van der Waals surface area contributed by atoms with Crippen molar-refractivity contribution in [2.24, 2.45) is 5.41 Å². The summed E-state index contributed by atoms with van der Waals surface area (Å²) in [6.07, 6.45) is 2.52. The molecular weight excluding hydrogens is 202 g/mol. The zero-order valence-corrected chi connectivity index (χ0v) is 10.4. The van der Waals surface area contributed by atoms with E-state index in [1.54, 1.807) is 0 Å².